The summed E-state index contributed by atoms with van der Waals surface area (Å²) in [4.78, 5) is 48.9. The maximum absolute atomic E-state index is 12.1. The topological polar surface area (TPSA) is 119 Å². The Morgan fingerprint density at radius 3 is 2.30 bits per heavy atom. The fourth-order valence-electron chi connectivity index (χ4n) is 2.24. The lowest BCUT2D eigenvalue weighted by atomic mass is 10.2. The van der Waals surface area contributed by atoms with Gasteiger partial charge >= 0.3 is 11.7 Å². The Morgan fingerprint density at radius 2 is 1.78 bits per heavy atom. The molecule has 148 valence electrons. The number of benzene rings is 1. The van der Waals surface area contributed by atoms with Crippen molar-refractivity contribution in [2.24, 2.45) is 0 Å². The number of nitro benzene ring substituents is 1. The fourth-order valence-corrected chi connectivity index (χ4v) is 2.24. The van der Waals surface area contributed by atoms with E-state index in [0.29, 0.717) is 13.1 Å². The van der Waals surface area contributed by atoms with E-state index in [0.717, 1.165) is 13.2 Å². The number of nitro groups is 1. The molecule has 10 nitrogen and oxygen atoms in total. The summed E-state index contributed by atoms with van der Waals surface area (Å²) in [6.07, 6.45) is 0. The smallest absolute Gasteiger partial charge is 0.338 e. The highest BCUT2D eigenvalue weighted by molar-refractivity contribution is 5.90. The third-order valence-electron chi connectivity index (χ3n) is 3.84. The molecule has 0 saturated carbocycles. The molecule has 0 radical (unpaired) electrons. The monoisotopic (exact) mass is 381 g/mol. The van der Waals surface area contributed by atoms with E-state index in [1.54, 1.807) is 4.90 Å². The number of ether oxygens (including phenoxy) is 2. The lowest BCUT2D eigenvalue weighted by molar-refractivity contribution is -0.385. The van der Waals surface area contributed by atoms with E-state index in [2.05, 4.69) is 4.74 Å². The minimum absolute atomic E-state index is 0.00943. The third-order valence-corrected chi connectivity index (χ3v) is 3.84. The lowest BCUT2D eigenvalue weighted by Gasteiger charge is -2.23. The van der Waals surface area contributed by atoms with Crippen molar-refractivity contribution in [3.8, 4) is 5.75 Å². The molecule has 1 aromatic carbocycles. The van der Waals surface area contributed by atoms with Gasteiger partial charge in [-0.05, 0) is 26.0 Å². The molecule has 0 aliphatic rings. The maximum Gasteiger partial charge on any atom is 0.338 e. The maximum atomic E-state index is 12.1. The van der Waals surface area contributed by atoms with Crippen LogP contribution in [0, 0.1) is 10.1 Å². The van der Waals surface area contributed by atoms with Crippen molar-refractivity contribution in [3.05, 3.63) is 33.9 Å². The van der Waals surface area contributed by atoms with Crippen molar-refractivity contribution in [2.45, 2.75) is 13.8 Å². The molecule has 10 heteroatoms. The summed E-state index contributed by atoms with van der Waals surface area (Å²) in [6.45, 7) is 4.14. The van der Waals surface area contributed by atoms with Crippen molar-refractivity contribution in [2.75, 3.05) is 40.4 Å². The predicted molar refractivity (Wildman–Crippen MR) is 95.5 cm³/mol. The molecule has 27 heavy (non-hydrogen) atoms. The molecule has 0 saturated heterocycles. The van der Waals surface area contributed by atoms with Gasteiger partial charge in [-0.25, -0.2) is 4.79 Å². The Bertz CT molecular complexity index is 716. The van der Waals surface area contributed by atoms with E-state index < -0.39 is 29.1 Å². The van der Waals surface area contributed by atoms with Crippen molar-refractivity contribution in [3.63, 3.8) is 0 Å². The van der Waals surface area contributed by atoms with E-state index >= 15 is 0 Å². The first kappa shape index (κ1) is 21.9. The molecule has 0 heterocycles. The van der Waals surface area contributed by atoms with Gasteiger partial charge in [0.15, 0.2) is 12.4 Å². The number of methoxy groups -OCH3 is 1. The number of carbonyl (C=O) groups excluding carboxylic acids is 3. The fraction of sp³-hybridized carbons (Fsp3) is 0.471. The van der Waals surface area contributed by atoms with Crippen LogP contribution in [0.5, 0.6) is 5.75 Å². The molecule has 0 bridgehead atoms. The zero-order valence-corrected chi connectivity index (χ0v) is 15.8. The Kier molecular flexibility index (Phi) is 8.18. The quantitative estimate of drug-likeness (QED) is 0.357. The van der Waals surface area contributed by atoms with E-state index in [9.17, 15) is 24.5 Å². The Morgan fingerprint density at radius 1 is 1.15 bits per heavy atom. The van der Waals surface area contributed by atoms with Gasteiger partial charge in [-0.2, -0.15) is 0 Å². The molecular weight excluding hydrogens is 358 g/mol. The molecule has 0 unspecified atom stereocenters. The number of carbonyl (C=O) groups is 3. The van der Waals surface area contributed by atoms with Crippen LogP contribution < -0.4 is 4.74 Å². The first-order valence-electron chi connectivity index (χ1n) is 8.26. The molecule has 0 aliphatic heterocycles. The van der Waals surface area contributed by atoms with Gasteiger partial charge in [0.1, 0.15) is 0 Å². The summed E-state index contributed by atoms with van der Waals surface area (Å²) in [6, 6.07) is 3.53. The number of esters is 1. The van der Waals surface area contributed by atoms with E-state index in [-0.39, 0.29) is 23.8 Å². The van der Waals surface area contributed by atoms with Crippen LogP contribution in [0.2, 0.25) is 0 Å². The van der Waals surface area contributed by atoms with Crippen molar-refractivity contribution < 1.29 is 28.8 Å². The van der Waals surface area contributed by atoms with Gasteiger partial charge in [0, 0.05) is 26.2 Å². The third kappa shape index (κ3) is 5.94. The van der Waals surface area contributed by atoms with Crippen LogP contribution in [-0.4, -0.2) is 72.9 Å². The molecule has 1 rings (SSSR count). The average molecular weight is 381 g/mol. The number of hydrogen-bond acceptors (Lipinski definition) is 7. The van der Waals surface area contributed by atoms with E-state index in [1.165, 1.54) is 24.1 Å². The standard InChI is InChI=1S/C17H23N3O7/c1-5-19(6-2)15(21)10-18(3)16(22)11-27-14-8-7-12(17(23)26-4)9-13(14)20(24)25/h7-9H,5-6,10-11H2,1-4H3. The SMILES string of the molecule is CCN(CC)C(=O)CN(C)C(=O)COc1ccc(C(=O)OC)cc1[N+](=O)[O-]. The second kappa shape index (κ2) is 10.1. The predicted octanol–water partition coefficient (Wildman–Crippen LogP) is 1.09. The number of amides is 2. The van der Waals surface area contributed by atoms with Crippen LogP contribution in [0.1, 0.15) is 24.2 Å². The average Bonchev–Trinajstić information content (AvgIpc) is 2.65. The molecule has 0 aliphatic carbocycles. The highest BCUT2D eigenvalue weighted by Crippen LogP contribution is 2.28. The van der Waals surface area contributed by atoms with Gasteiger partial charge in [-0.3, -0.25) is 19.7 Å². The van der Waals surface area contributed by atoms with Gasteiger partial charge in [0.05, 0.1) is 24.1 Å². The molecule has 0 atom stereocenters. The molecular formula is C17H23N3O7. The molecule has 0 aromatic heterocycles. The molecule has 1 aromatic rings. The van der Waals surface area contributed by atoms with Crippen LogP contribution >= 0.6 is 0 Å². The highest BCUT2D eigenvalue weighted by atomic mass is 16.6. The first-order valence-corrected chi connectivity index (χ1v) is 8.26. The van der Waals surface area contributed by atoms with Crippen LogP contribution in [-0.2, 0) is 14.3 Å². The summed E-state index contributed by atoms with van der Waals surface area (Å²) in [5.41, 5.74) is -0.475. The summed E-state index contributed by atoms with van der Waals surface area (Å²) in [7, 11) is 2.61. The second-order valence-corrected chi connectivity index (χ2v) is 5.54. The van der Waals surface area contributed by atoms with Gasteiger partial charge < -0.3 is 19.3 Å². The number of rotatable bonds is 9. The molecule has 0 fully saturated rings. The largest absolute Gasteiger partial charge is 0.477 e. The van der Waals surface area contributed by atoms with Gasteiger partial charge in [-0.15, -0.1) is 0 Å². The number of likely N-dealkylation sites (N-methyl/N-ethyl adjacent to an activating group) is 2. The van der Waals surface area contributed by atoms with Crippen LogP contribution in [0.4, 0.5) is 5.69 Å². The van der Waals surface area contributed by atoms with E-state index in [1.807, 2.05) is 13.8 Å². The minimum atomic E-state index is -0.727. The van der Waals surface area contributed by atoms with Gasteiger partial charge in [-0.1, -0.05) is 0 Å². The second-order valence-electron chi connectivity index (χ2n) is 5.54. The van der Waals surface area contributed by atoms with Crippen molar-refractivity contribution >= 4 is 23.5 Å². The van der Waals surface area contributed by atoms with E-state index in [4.69, 9.17) is 4.74 Å². The number of hydrogen-bond donors (Lipinski definition) is 0. The summed E-state index contributed by atoms with van der Waals surface area (Å²) in [5.74, 6) is -1.61. The zero-order chi connectivity index (χ0) is 20.6. The molecule has 2 amide bonds. The van der Waals surface area contributed by atoms with Gasteiger partial charge in [0.25, 0.3) is 5.91 Å². The minimum Gasteiger partial charge on any atom is -0.477 e. The van der Waals surface area contributed by atoms with Crippen LogP contribution in [0.15, 0.2) is 18.2 Å². The molecule has 0 N–H and O–H groups in total. The lowest BCUT2D eigenvalue weighted by Crippen LogP contribution is -2.42. The summed E-state index contributed by atoms with van der Waals surface area (Å²) < 4.78 is 9.75. The first-order chi connectivity index (χ1) is 12.7. The van der Waals surface area contributed by atoms with Gasteiger partial charge in [0.2, 0.25) is 5.91 Å². The van der Waals surface area contributed by atoms with Crippen molar-refractivity contribution in [1.82, 2.24) is 9.80 Å². The zero-order valence-electron chi connectivity index (χ0n) is 15.8. The normalized spacial score (nSPS) is 10.1. The Labute approximate surface area is 156 Å². The Hall–Kier alpha value is -3.17. The summed E-state index contributed by atoms with van der Waals surface area (Å²) >= 11 is 0. The Balaban J connectivity index is 2.79. The van der Waals surface area contributed by atoms with Crippen molar-refractivity contribution in [1.29, 1.82) is 0 Å². The summed E-state index contributed by atoms with van der Waals surface area (Å²) in [5, 5.41) is 11.2. The van der Waals surface area contributed by atoms with Crippen LogP contribution in [0.3, 0.4) is 0 Å². The highest BCUT2D eigenvalue weighted by Gasteiger charge is 2.21. The number of nitrogens with zero attached hydrogens (tertiary/aromatic N) is 3. The van der Waals surface area contributed by atoms with Crippen LogP contribution in [0.25, 0.3) is 0 Å². The molecule has 0 spiro atoms.